The molecule has 3 rings (SSSR count). The summed E-state index contributed by atoms with van der Waals surface area (Å²) in [6.45, 7) is 0. The van der Waals surface area contributed by atoms with Crippen molar-refractivity contribution in [3.8, 4) is 11.3 Å². The summed E-state index contributed by atoms with van der Waals surface area (Å²) < 4.78 is 16.8. The van der Waals surface area contributed by atoms with E-state index in [-0.39, 0.29) is 11.7 Å². The maximum absolute atomic E-state index is 13.0. The molecule has 7 heteroatoms. The van der Waals surface area contributed by atoms with E-state index in [9.17, 15) is 9.18 Å². The van der Waals surface area contributed by atoms with E-state index in [0.717, 1.165) is 11.5 Å². The Morgan fingerprint density at radius 3 is 2.68 bits per heavy atom. The lowest BCUT2D eigenvalue weighted by Gasteiger charge is -2.05. The van der Waals surface area contributed by atoms with E-state index >= 15 is 0 Å². The van der Waals surface area contributed by atoms with Crippen molar-refractivity contribution in [3.05, 3.63) is 64.2 Å². The van der Waals surface area contributed by atoms with Crippen LogP contribution in [0.15, 0.2) is 48.5 Å². The Hall–Kier alpha value is -2.31. The van der Waals surface area contributed by atoms with Crippen molar-refractivity contribution in [2.45, 2.75) is 0 Å². The zero-order valence-electron chi connectivity index (χ0n) is 11.1. The first-order valence-electron chi connectivity index (χ1n) is 6.29. The predicted octanol–water partition coefficient (Wildman–Crippen LogP) is 4.25. The fourth-order valence-electron chi connectivity index (χ4n) is 1.89. The smallest absolute Gasteiger partial charge is 0.269 e. The molecule has 1 heterocycles. The van der Waals surface area contributed by atoms with Gasteiger partial charge >= 0.3 is 0 Å². The molecule has 1 amide bonds. The molecule has 0 atom stereocenters. The molecule has 22 heavy (non-hydrogen) atoms. The number of nitrogens with one attached hydrogen (secondary N) is 1. The van der Waals surface area contributed by atoms with Crippen LogP contribution in [-0.4, -0.2) is 15.5 Å². The van der Waals surface area contributed by atoms with E-state index in [1.165, 1.54) is 12.1 Å². The minimum atomic E-state index is -0.350. The van der Waals surface area contributed by atoms with E-state index in [4.69, 9.17) is 11.6 Å². The van der Waals surface area contributed by atoms with Gasteiger partial charge in [0.15, 0.2) is 0 Å². The van der Waals surface area contributed by atoms with Gasteiger partial charge in [-0.25, -0.2) is 4.39 Å². The van der Waals surface area contributed by atoms with Crippen molar-refractivity contribution in [1.82, 2.24) is 9.59 Å². The zero-order chi connectivity index (χ0) is 15.5. The first kappa shape index (κ1) is 14.6. The molecular formula is C15H9ClFN3OS. The summed E-state index contributed by atoms with van der Waals surface area (Å²) in [6, 6.07) is 12.6. The molecule has 0 bridgehead atoms. The topological polar surface area (TPSA) is 54.9 Å². The molecular weight excluding hydrogens is 325 g/mol. The van der Waals surface area contributed by atoms with Crippen LogP contribution in [0.1, 0.15) is 9.67 Å². The van der Waals surface area contributed by atoms with Crippen molar-refractivity contribution >= 4 is 34.7 Å². The molecule has 0 saturated carbocycles. The largest absolute Gasteiger partial charge is 0.321 e. The van der Waals surface area contributed by atoms with E-state index in [0.29, 0.717) is 26.8 Å². The van der Waals surface area contributed by atoms with Crippen molar-refractivity contribution in [2.75, 3.05) is 5.32 Å². The molecule has 4 nitrogen and oxygen atoms in total. The molecule has 0 fully saturated rings. The maximum Gasteiger partial charge on any atom is 0.269 e. The Labute approximate surface area is 134 Å². The van der Waals surface area contributed by atoms with Crippen LogP contribution in [0.25, 0.3) is 11.3 Å². The number of halogens is 2. The van der Waals surface area contributed by atoms with Gasteiger partial charge < -0.3 is 5.32 Å². The van der Waals surface area contributed by atoms with Gasteiger partial charge in [0, 0.05) is 16.3 Å². The molecule has 3 aromatic rings. The second kappa shape index (κ2) is 6.21. The normalized spacial score (nSPS) is 10.5. The lowest BCUT2D eigenvalue weighted by Crippen LogP contribution is -2.11. The standard InChI is InChI=1S/C15H9ClFN3OS/c16-10-2-1-3-12(8-10)18-15(21)14-13(19-20-22-14)9-4-6-11(17)7-5-9/h1-8H,(H,18,21). The summed E-state index contributed by atoms with van der Waals surface area (Å²) in [6.07, 6.45) is 0. The number of amides is 1. The number of nitrogens with zero attached hydrogens (tertiary/aromatic N) is 2. The molecule has 0 aliphatic heterocycles. The number of hydrogen-bond donors (Lipinski definition) is 1. The summed E-state index contributed by atoms with van der Waals surface area (Å²) in [4.78, 5) is 12.7. The van der Waals surface area contributed by atoms with Gasteiger partial charge in [-0.2, -0.15) is 0 Å². The van der Waals surface area contributed by atoms with Gasteiger partial charge in [-0.3, -0.25) is 4.79 Å². The summed E-state index contributed by atoms with van der Waals surface area (Å²) in [5, 5.41) is 7.22. The third-order valence-electron chi connectivity index (χ3n) is 2.89. The van der Waals surface area contributed by atoms with Crippen LogP contribution < -0.4 is 5.32 Å². The van der Waals surface area contributed by atoms with E-state index < -0.39 is 0 Å². The first-order valence-corrected chi connectivity index (χ1v) is 7.44. The van der Waals surface area contributed by atoms with Crippen LogP contribution in [-0.2, 0) is 0 Å². The summed E-state index contributed by atoms with van der Waals surface area (Å²) in [5.74, 6) is -0.687. The number of anilines is 1. The van der Waals surface area contributed by atoms with E-state index in [1.54, 1.807) is 36.4 Å². The molecule has 1 aromatic heterocycles. The van der Waals surface area contributed by atoms with Crippen LogP contribution in [0, 0.1) is 5.82 Å². The lowest BCUT2D eigenvalue weighted by molar-refractivity contribution is 0.103. The summed E-state index contributed by atoms with van der Waals surface area (Å²) >= 11 is 6.87. The van der Waals surface area contributed by atoms with Gasteiger partial charge in [0.25, 0.3) is 5.91 Å². The van der Waals surface area contributed by atoms with Crippen LogP contribution in [0.2, 0.25) is 5.02 Å². The average molecular weight is 334 g/mol. The minimum Gasteiger partial charge on any atom is -0.321 e. The minimum absolute atomic E-state index is 0.336. The van der Waals surface area contributed by atoms with Crippen LogP contribution in [0.5, 0.6) is 0 Å². The van der Waals surface area contributed by atoms with Crippen LogP contribution >= 0.6 is 23.1 Å². The van der Waals surface area contributed by atoms with Gasteiger partial charge in [-0.15, -0.1) is 5.10 Å². The highest BCUT2D eigenvalue weighted by atomic mass is 35.5. The number of aromatic nitrogens is 2. The highest BCUT2D eigenvalue weighted by molar-refractivity contribution is 7.08. The maximum atomic E-state index is 13.0. The van der Waals surface area contributed by atoms with Crippen molar-refractivity contribution in [3.63, 3.8) is 0 Å². The summed E-state index contributed by atoms with van der Waals surface area (Å²) in [5.41, 5.74) is 1.63. The Morgan fingerprint density at radius 1 is 1.18 bits per heavy atom. The van der Waals surface area contributed by atoms with E-state index in [2.05, 4.69) is 14.9 Å². The SMILES string of the molecule is O=C(Nc1cccc(Cl)c1)c1snnc1-c1ccc(F)cc1. The predicted molar refractivity (Wildman–Crippen MR) is 84.7 cm³/mol. The van der Waals surface area contributed by atoms with Crippen molar-refractivity contribution in [2.24, 2.45) is 0 Å². The van der Waals surface area contributed by atoms with Gasteiger partial charge in [-0.1, -0.05) is 22.2 Å². The fraction of sp³-hybridized carbons (Fsp3) is 0. The molecule has 0 aliphatic rings. The zero-order valence-corrected chi connectivity index (χ0v) is 12.7. The van der Waals surface area contributed by atoms with Gasteiger partial charge in [-0.05, 0) is 54.0 Å². The van der Waals surface area contributed by atoms with Crippen LogP contribution in [0.4, 0.5) is 10.1 Å². The molecule has 110 valence electrons. The quantitative estimate of drug-likeness (QED) is 0.779. The highest BCUT2D eigenvalue weighted by Crippen LogP contribution is 2.25. The van der Waals surface area contributed by atoms with Gasteiger partial charge in [0.05, 0.1) is 0 Å². The Morgan fingerprint density at radius 2 is 1.95 bits per heavy atom. The number of hydrogen-bond acceptors (Lipinski definition) is 4. The van der Waals surface area contributed by atoms with Crippen molar-refractivity contribution < 1.29 is 9.18 Å². The first-order chi connectivity index (χ1) is 10.6. The molecule has 1 N–H and O–H groups in total. The Balaban J connectivity index is 1.88. The number of rotatable bonds is 3. The van der Waals surface area contributed by atoms with Gasteiger partial charge in [0.2, 0.25) is 0 Å². The molecule has 0 unspecified atom stereocenters. The van der Waals surface area contributed by atoms with Crippen molar-refractivity contribution in [1.29, 1.82) is 0 Å². The second-order valence-corrected chi connectivity index (χ2v) is 5.61. The van der Waals surface area contributed by atoms with Gasteiger partial charge in [0.1, 0.15) is 16.4 Å². The highest BCUT2D eigenvalue weighted by Gasteiger charge is 2.18. The number of carbonyl (C=O) groups is 1. The molecule has 2 aromatic carbocycles. The fourth-order valence-corrected chi connectivity index (χ4v) is 2.66. The Bertz CT molecular complexity index is 820. The third kappa shape index (κ3) is 3.13. The monoisotopic (exact) mass is 333 g/mol. The second-order valence-electron chi connectivity index (χ2n) is 4.42. The summed E-state index contributed by atoms with van der Waals surface area (Å²) in [7, 11) is 0. The molecule has 0 aliphatic carbocycles. The third-order valence-corrected chi connectivity index (χ3v) is 3.85. The number of benzene rings is 2. The van der Waals surface area contributed by atoms with Crippen LogP contribution in [0.3, 0.4) is 0 Å². The van der Waals surface area contributed by atoms with E-state index in [1.807, 2.05) is 0 Å². The number of carbonyl (C=O) groups excluding carboxylic acids is 1. The molecule has 0 saturated heterocycles. The molecule has 0 radical (unpaired) electrons. The lowest BCUT2D eigenvalue weighted by atomic mass is 10.1. The molecule has 0 spiro atoms. The average Bonchev–Trinajstić information content (AvgIpc) is 2.97. The Kier molecular flexibility index (Phi) is 4.13.